The zero-order chi connectivity index (χ0) is 23.7. The molecule has 0 radical (unpaired) electrons. The molecule has 7 rings (SSSR count). The quantitative estimate of drug-likeness (QED) is 0.523. The monoisotopic (exact) mass is 465 g/mol. The summed E-state index contributed by atoms with van der Waals surface area (Å²) in [5, 5.41) is 11.0. The van der Waals surface area contributed by atoms with Crippen LogP contribution in [0.4, 0.5) is 4.79 Å². The van der Waals surface area contributed by atoms with Gasteiger partial charge in [0.1, 0.15) is 18.5 Å². The average Bonchev–Trinajstić information content (AvgIpc) is 3.20. The Hall–Kier alpha value is -2.34. The van der Waals surface area contributed by atoms with Crippen molar-refractivity contribution in [2.75, 3.05) is 6.54 Å². The number of hydrogen-bond donors (Lipinski definition) is 1. The Labute approximate surface area is 201 Å². The van der Waals surface area contributed by atoms with E-state index in [4.69, 9.17) is 9.47 Å². The predicted molar refractivity (Wildman–Crippen MR) is 127 cm³/mol. The largest absolute Gasteiger partial charge is 0.482 e. The molecule has 1 saturated heterocycles. The summed E-state index contributed by atoms with van der Waals surface area (Å²) in [4.78, 5) is 26.4. The van der Waals surface area contributed by atoms with Crippen LogP contribution in [0.1, 0.15) is 69.9 Å². The molecule has 2 bridgehead atoms. The number of amides is 1. The van der Waals surface area contributed by atoms with E-state index in [0.717, 1.165) is 44.8 Å². The van der Waals surface area contributed by atoms with Gasteiger partial charge < -0.3 is 24.3 Å². The lowest BCUT2D eigenvalue weighted by atomic mass is 9.49. The molecule has 34 heavy (non-hydrogen) atoms. The van der Waals surface area contributed by atoms with Gasteiger partial charge >= 0.3 is 6.09 Å². The van der Waals surface area contributed by atoms with E-state index < -0.39 is 6.10 Å². The number of aliphatic hydroxyl groups excluding tert-OH is 1. The first-order valence-corrected chi connectivity index (χ1v) is 13.0. The van der Waals surface area contributed by atoms with Gasteiger partial charge in [-0.25, -0.2) is 4.79 Å². The van der Waals surface area contributed by atoms with Crippen LogP contribution in [0.2, 0.25) is 0 Å². The van der Waals surface area contributed by atoms with Gasteiger partial charge in [-0.3, -0.25) is 0 Å². The third-order valence-corrected chi connectivity index (χ3v) is 9.64. The Morgan fingerprint density at radius 3 is 2.94 bits per heavy atom. The molecule has 1 amide bonds. The fourth-order valence-electron chi connectivity index (χ4n) is 7.68. The van der Waals surface area contributed by atoms with Crippen molar-refractivity contribution in [3.05, 3.63) is 35.4 Å². The maximum Gasteiger partial charge on any atom is 0.415 e. The number of nitrogens with zero attached hydrogens (tertiary/aromatic N) is 1. The normalized spacial score (nSPS) is 39.6. The van der Waals surface area contributed by atoms with Crippen molar-refractivity contribution in [2.45, 2.75) is 88.9 Å². The summed E-state index contributed by atoms with van der Waals surface area (Å²) in [6, 6.07) is 4.00. The summed E-state index contributed by atoms with van der Waals surface area (Å²) in [5.41, 5.74) is 2.50. The summed E-state index contributed by atoms with van der Waals surface area (Å²) < 4.78 is 12.6. The molecule has 2 aliphatic heterocycles. The van der Waals surface area contributed by atoms with Crippen molar-refractivity contribution in [2.24, 2.45) is 17.3 Å². The number of carbonyl (C=O) groups is 2. The lowest BCUT2D eigenvalue weighted by Crippen LogP contribution is -2.56. The highest BCUT2D eigenvalue weighted by molar-refractivity contribution is 5.74. The van der Waals surface area contributed by atoms with Gasteiger partial charge in [0.25, 0.3) is 0 Å². The Kier molecular flexibility index (Phi) is 5.11. The molecule has 6 heteroatoms. The van der Waals surface area contributed by atoms with E-state index in [1.54, 1.807) is 4.90 Å². The summed E-state index contributed by atoms with van der Waals surface area (Å²) in [6.45, 7) is 4.97. The first-order chi connectivity index (χ1) is 16.4. The molecule has 182 valence electrons. The number of likely N-dealkylation sites (tertiary alicyclic amines) is 1. The van der Waals surface area contributed by atoms with Gasteiger partial charge in [-0.15, -0.1) is 0 Å². The van der Waals surface area contributed by atoms with Crippen molar-refractivity contribution < 1.29 is 24.2 Å². The molecule has 1 aromatic rings. The van der Waals surface area contributed by atoms with Crippen molar-refractivity contribution in [3.8, 4) is 11.5 Å². The first kappa shape index (κ1) is 22.1. The fraction of sp³-hybridized carbons (Fsp3) is 0.643. The minimum Gasteiger partial charge on any atom is -0.482 e. The Morgan fingerprint density at radius 1 is 1.29 bits per heavy atom. The molecule has 1 aromatic carbocycles. The Bertz CT molecular complexity index is 1050. The van der Waals surface area contributed by atoms with Gasteiger partial charge in [0, 0.05) is 29.5 Å². The molecule has 2 heterocycles. The van der Waals surface area contributed by atoms with Crippen LogP contribution in [0, 0.1) is 17.3 Å². The molecule has 7 atom stereocenters. The van der Waals surface area contributed by atoms with Gasteiger partial charge in [-0.05, 0) is 74.3 Å². The number of piperidine rings is 1. The van der Waals surface area contributed by atoms with Crippen LogP contribution in [-0.4, -0.2) is 47.2 Å². The van der Waals surface area contributed by atoms with E-state index in [0.29, 0.717) is 42.2 Å². The Balaban J connectivity index is 1.37. The molecular formula is C28H35NO5. The van der Waals surface area contributed by atoms with E-state index in [9.17, 15) is 14.7 Å². The first-order valence-electron chi connectivity index (χ1n) is 13.0. The summed E-state index contributed by atoms with van der Waals surface area (Å²) in [5.74, 6) is 1.44. The van der Waals surface area contributed by atoms with Crippen molar-refractivity contribution in [1.82, 2.24) is 4.90 Å². The highest BCUT2D eigenvalue weighted by Gasteiger charge is 2.62. The van der Waals surface area contributed by atoms with Crippen molar-refractivity contribution in [1.29, 1.82) is 0 Å². The van der Waals surface area contributed by atoms with Crippen molar-refractivity contribution >= 4 is 12.4 Å². The van der Waals surface area contributed by atoms with Crippen LogP contribution >= 0.6 is 0 Å². The lowest BCUT2D eigenvalue weighted by molar-refractivity contribution is -0.112. The smallest absolute Gasteiger partial charge is 0.415 e. The number of aryl methyl sites for hydroxylation is 1. The zero-order valence-corrected chi connectivity index (χ0v) is 20.2. The number of fused-ring (bicyclic) bond motifs is 2. The molecule has 1 spiro atoms. The third kappa shape index (κ3) is 3.10. The zero-order valence-electron chi connectivity index (χ0n) is 20.2. The highest BCUT2D eigenvalue weighted by atomic mass is 16.6. The number of allylic oxidation sites excluding steroid dienone is 1. The van der Waals surface area contributed by atoms with E-state index in [-0.39, 0.29) is 29.6 Å². The second kappa shape index (κ2) is 7.84. The van der Waals surface area contributed by atoms with Gasteiger partial charge in [0.15, 0.2) is 11.5 Å². The maximum atomic E-state index is 13.3. The third-order valence-electron chi connectivity index (χ3n) is 9.64. The van der Waals surface area contributed by atoms with E-state index in [1.807, 2.05) is 19.1 Å². The molecule has 0 aromatic heterocycles. The fourth-order valence-corrected chi connectivity index (χ4v) is 7.68. The SMILES string of the molecule is CCC1CC(C=O)CCN1C(=O)Oc1ccc2c3c1O[C@H]1[C@@H](O)C=C[C@H]4CC(C)(CC2)CC[C@@]341. The number of ether oxygens (including phenoxy) is 2. The van der Waals surface area contributed by atoms with E-state index >= 15 is 0 Å². The van der Waals surface area contributed by atoms with E-state index in [1.165, 1.54) is 11.1 Å². The van der Waals surface area contributed by atoms with Crippen LogP contribution in [0.5, 0.6) is 11.5 Å². The van der Waals surface area contributed by atoms with Crippen LogP contribution in [0.25, 0.3) is 0 Å². The van der Waals surface area contributed by atoms with Crippen LogP contribution in [-0.2, 0) is 16.6 Å². The number of carbonyl (C=O) groups excluding carboxylic acids is 2. The number of aldehydes is 1. The van der Waals surface area contributed by atoms with Crippen LogP contribution < -0.4 is 9.47 Å². The number of aliphatic hydroxyl groups is 1. The summed E-state index contributed by atoms with van der Waals surface area (Å²) in [6.07, 6.45) is 11.2. The average molecular weight is 466 g/mol. The standard InChI is InChI=1S/C28H35NO5/c1-3-20-14-17(16-30)9-13-29(20)26(32)33-22-7-4-18-8-10-27(2)11-12-28-19(15-27)5-6-21(31)25(28)34-24(22)23(18)28/h4-7,16-17,19-21,25,31H,3,8-15H2,1-2H3/t17?,19-,20?,21-,25-,27?,28-/m0/s1. The van der Waals surface area contributed by atoms with Gasteiger partial charge in [0.05, 0.1) is 0 Å². The van der Waals surface area contributed by atoms with Gasteiger partial charge in [0.2, 0.25) is 0 Å². The second-order valence-corrected chi connectivity index (χ2v) is 11.5. The molecule has 4 aliphatic carbocycles. The molecular weight excluding hydrogens is 430 g/mol. The second-order valence-electron chi connectivity index (χ2n) is 11.5. The van der Waals surface area contributed by atoms with Crippen LogP contribution in [0.15, 0.2) is 24.3 Å². The summed E-state index contributed by atoms with van der Waals surface area (Å²) >= 11 is 0. The van der Waals surface area contributed by atoms with E-state index in [2.05, 4.69) is 19.1 Å². The minimum atomic E-state index is -0.671. The molecule has 6 aliphatic rings. The predicted octanol–water partition coefficient (Wildman–Crippen LogP) is 4.56. The molecule has 2 fully saturated rings. The van der Waals surface area contributed by atoms with Gasteiger partial charge in [-0.2, -0.15) is 0 Å². The highest BCUT2D eigenvalue weighted by Crippen LogP contribution is 2.65. The molecule has 1 N–H and O–H groups in total. The number of benzene rings is 1. The number of rotatable bonds is 3. The minimum absolute atomic E-state index is 0.00267. The Morgan fingerprint density at radius 2 is 2.15 bits per heavy atom. The van der Waals surface area contributed by atoms with Gasteiger partial charge in [-0.1, -0.05) is 32.1 Å². The maximum absolute atomic E-state index is 13.3. The molecule has 3 unspecified atom stereocenters. The molecule has 6 nitrogen and oxygen atoms in total. The topological polar surface area (TPSA) is 76.1 Å². The summed E-state index contributed by atoms with van der Waals surface area (Å²) in [7, 11) is 0. The molecule has 1 saturated carbocycles. The lowest BCUT2D eigenvalue weighted by Gasteiger charge is -2.54. The van der Waals surface area contributed by atoms with Crippen molar-refractivity contribution in [3.63, 3.8) is 0 Å². The number of hydrogen-bond acceptors (Lipinski definition) is 5. The van der Waals surface area contributed by atoms with Crippen LogP contribution in [0.3, 0.4) is 0 Å².